The van der Waals surface area contributed by atoms with Crippen molar-refractivity contribution in [2.24, 2.45) is 0 Å². The van der Waals surface area contributed by atoms with E-state index in [2.05, 4.69) is 20.7 Å². The molecule has 0 amide bonds. The molecule has 2 aromatic heterocycles. The smallest absolute Gasteiger partial charge is 0.356 e. The number of aryl methyl sites for hydroxylation is 1. The van der Waals surface area contributed by atoms with Gasteiger partial charge in [0.05, 0.1) is 6.54 Å². The van der Waals surface area contributed by atoms with E-state index in [1.165, 1.54) is 6.07 Å². The molecule has 0 aliphatic heterocycles. The lowest BCUT2D eigenvalue weighted by atomic mass is 10.3. The summed E-state index contributed by atoms with van der Waals surface area (Å²) in [6, 6.07) is 4.72. The first-order valence-electron chi connectivity index (χ1n) is 4.88. The van der Waals surface area contributed by atoms with E-state index >= 15 is 0 Å². The lowest BCUT2D eigenvalue weighted by molar-refractivity contribution is 0.0689. The Labute approximate surface area is 96.5 Å². The molecule has 88 valence electrons. The van der Waals surface area contributed by atoms with Crippen LogP contribution in [0.5, 0.6) is 0 Å². The maximum absolute atomic E-state index is 10.5. The Morgan fingerprint density at radius 3 is 2.82 bits per heavy atom. The number of nitrogens with zero attached hydrogens (tertiary/aromatic N) is 3. The van der Waals surface area contributed by atoms with Gasteiger partial charge in [-0.3, -0.25) is 0 Å². The van der Waals surface area contributed by atoms with Crippen molar-refractivity contribution in [1.82, 2.24) is 15.4 Å². The molecule has 7 nitrogen and oxygen atoms in total. The largest absolute Gasteiger partial charge is 0.476 e. The second kappa shape index (κ2) is 4.60. The van der Waals surface area contributed by atoms with Gasteiger partial charge >= 0.3 is 5.97 Å². The molecule has 0 atom stereocenters. The minimum absolute atomic E-state index is 0.0900. The van der Waals surface area contributed by atoms with Gasteiger partial charge in [0.15, 0.2) is 5.69 Å². The molecule has 2 rings (SSSR count). The van der Waals surface area contributed by atoms with Crippen molar-refractivity contribution in [1.29, 1.82) is 0 Å². The second-order valence-electron chi connectivity index (χ2n) is 3.39. The average molecular weight is 234 g/mol. The zero-order valence-corrected chi connectivity index (χ0v) is 9.04. The Bertz CT molecular complexity index is 521. The number of carboxylic acids is 1. The summed E-state index contributed by atoms with van der Waals surface area (Å²) in [7, 11) is 0. The molecule has 0 aliphatic carbocycles. The number of anilines is 1. The number of nitrogens with one attached hydrogen (secondary N) is 1. The van der Waals surface area contributed by atoms with Crippen molar-refractivity contribution in [2.45, 2.75) is 13.5 Å². The van der Waals surface area contributed by atoms with Crippen LogP contribution in [0.4, 0.5) is 5.82 Å². The van der Waals surface area contributed by atoms with Crippen LogP contribution in [0.1, 0.15) is 21.9 Å². The summed E-state index contributed by atoms with van der Waals surface area (Å²) in [4.78, 5) is 10.5. The molecule has 0 saturated carbocycles. The number of hydrogen-bond donors (Lipinski definition) is 2. The van der Waals surface area contributed by atoms with Gasteiger partial charge in [-0.1, -0.05) is 5.16 Å². The first-order chi connectivity index (χ1) is 8.15. The monoisotopic (exact) mass is 234 g/mol. The van der Waals surface area contributed by atoms with Crippen LogP contribution in [0.15, 0.2) is 22.7 Å². The van der Waals surface area contributed by atoms with E-state index in [-0.39, 0.29) is 5.69 Å². The van der Waals surface area contributed by atoms with Crippen molar-refractivity contribution in [3.63, 3.8) is 0 Å². The second-order valence-corrected chi connectivity index (χ2v) is 3.39. The predicted octanol–water partition coefficient (Wildman–Crippen LogP) is 1.08. The van der Waals surface area contributed by atoms with Gasteiger partial charge in [0, 0.05) is 6.07 Å². The molecule has 0 aromatic carbocycles. The number of hydrogen-bond acceptors (Lipinski definition) is 6. The van der Waals surface area contributed by atoms with E-state index in [0.29, 0.717) is 12.4 Å². The van der Waals surface area contributed by atoms with Gasteiger partial charge in [-0.25, -0.2) is 4.79 Å². The highest BCUT2D eigenvalue weighted by molar-refractivity contribution is 5.85. The van der Waals surface area contributed by atoms with Gasteiger partial charge in [0.1, 0.15) is 17.3 Å². The molecule has 17 heavy (non-hydrogen) atoms. The molecule has 0 saturated heterocycles. The SMILES string of the molecule is Cc1cc(CNc2ccc(C(=O)O)nn2)no1. The molecule has 2 N–H and O–H groups in total. The molecule has 0 fully saturated rings. The molecule has 0 radical (unpaired) electrons. The van der Waals surface area contributed by atoms with Gasteiger partial charge in [0.2, 0.25) is 0 Å². The average Bonchev–Trinajstić information content (AvgIpc) is 2.73. The third kappa shape index (κ3) is 2.77. The molecular formula is C10H10N4O3. The topological polar surface area (TPSA) is 101 Å². The summed E-state index contributed by atoms with van der Waals surface area (Å²) in [5.41, 5.74) is 0.652. The van der Waals surface area contributed by atoms with Crippen molar-refractivity contribution < 1.29 is 14.4 Å². The molecule has 0 bridgehead atoms. The van der Waals surface area contributed by atoms with E-state index in [1.54, 1.807) is 19.1 Å². The number of carbonyl (C=O) groups is 1. The molecule has 2 aromatic rings. The zero-order chi connectivity index (χ0) is 12.3. The normalized spacial score (nSPS) is 10.2. The first-order valence-corrected chi connectivity index (χ1v) is 4.88. The fraction of sp³-hybridized carbons (Fsp3) is 0.200. The van der Waals surface area contributed by atoms with E-state index < -0.39 is 5.97 Å². The number of aromatic nitrogens is 3. The summed E-state index contributed by atoms with van der Waals surface area (Å²) >= 11 is 0. The van der Waals surface area contributed by atoms with Crippen LogP contribution in [0, 0.1) is 6.92 Å². The van der Waals surface area contributed by atoms with Crippen LogP contribution >= 0.6 is 0 Å². The Morgan fingerprint density at radius 1 is 1.47 bits per heavy atom. The van der Waals surface area contributed by atoms with Gasteiger partial charge in [-0.15, -0.1) is 10.2 Å². The lowest BCUT2D eigenvalue weighted by Gasteiger charge is -2.01. The van der Waals surface area contributed by atoms with E-state index in [9.17, 15) is 4.79 Å². The Morgan fingerprint density at radius 2 is 2.29 bits per heavy atom. The standard InChI is InChI=1S/C10H10N4O3/c1-6-4-7(14-17-6)5-11-9-3-2-8(10(15)16)12-13-9/h2-4H,5H2,1H3,(H,11,13)(H,15,16). The number of rotatable bonds is 4. The van der Waals surface area contributed by atoms with Gasteiger partial charge in [0.25, 0.3) is 0 Å². The minimum Gasteiger partial charge on any atom is -0.476 e. The maximum atomic E-state index is 10.5. The van der Waals surface area contributed by atoms with Gasteiger partial charge in [-0.2, -0.15) is 0 Å². The highest BCUT2D eigenvalue weighted by Crippen LogP contribution is 2.06. The Hall–Kier alpha value is -2.44. The third-order valence-electron chi connectivity index (χ3n) is 2.01. The molecule has 0 unspecified atom stereocenters. The highest BCUT2D eigenvalue weighted by Gasteiger charge is 2.05. The maximum Gasteiger partial charge on any atom is 0.356 e. The Balaban J connectivity index is 1.97. The van der Waals surface area contributed by atoms with Crippen LogP contribution in [-0.2, 0) is 6.54 Å². The number of carboxylic acid groups (broad SMARTS) is 1. The van der Waals surface area contributed by atoms with Crippen molar-refractivity contribution in [3.8, 4) is 0 Å². The molecule has 7 heteroatoms. The summed E-state index contributed by atoms with van der Waals surface area (Å²) in [5.74, 6) is 0.112. The van der Waals surface area contributed by atoms with Crippen LogP contribution < -0.4 is 5.32 Å². The summed E-state index contributed by atoms with van der Waals surface area (Å²) in [6.45, 7) is 2.25. The van der Waals surface area contributed by atoms with Crippen LogP contribution in [0.25, 0.3) is 0 Å². The molecule has 2 heterocycles. The van der Waals surface area contributed by atoms with E-state index in [4.69, 9.17) is 9.63 Å². The van der Waals surface area contributed by atoms with Crippen molar-refractivity contribution in [2.75, 3.05) is 5.32 Å². The summed E-state index contributed by atoms with van der Waals surface area (Å²) < 4.78 is 4.90. The quantitative estimate of drug-likeness (QED) is 0.816. The molecule has 0 spiro atoms. The van der Waals surface area contributed by atoms with Crippen LogP contribution in [0.3, 0.4) is 0 Å². The molecule has 0 aliphatic rings. The summed E-state index contributed by atoms with van der Waals surface area (Å²) in [6.07, 6.45) is 0. The van der Waals surface area contributed by atoms with E-state index in [0.717, 1.165) is 11.5 Å². The first kappa shape index (κ1) is 11.1. The summed E-state index contributed by atoms with van der Waals surface area (Å²) in [5, 5.41) is 22.7. The van der Waals surface area contributed by atoms with E-state index in [1.807, 2.05) is 0 Å². The van der Waals surface area contributed by atoms with Crippen molar-refractivity contribution in [3.05, 3.63) is 35.3 Å². The van der Waals surface area contributed by atoms with Crippen LogP contribution in [0.2, 0.25) is 0 Å². The van der Waals surface area contributed by atoms with Crippen LogP contribution in [-0.4, -0.2) is 26.4 Å². The lowest BCUT2D eigenvalue weighted by Crippen LogP contribution is -2.06. The molecular weight excluding hydrogens is 224 g/mol. The third-order valence-corrected chi connectivity index (χ3v) is 2.01. The highest BCUT2D eigenvalue weighted by atomic mass is 16.5. The Kier molecular flexibility index (Phi) is 2.99. The number of aromatic carboxylic acids is 1. The van der Waals surface area contributed by atoms with Gasteiger partial charge < -0.3 is 14.9 Å². The van der Waals surface area contributed by atoms with Gasteiger partial charge in [-0.05, 0) is 19.1 Å². The predicted molar refractivity (Wildman–Crippen MR) is 57.6 cm³/mol. The fourth-order valence-corrected chi connectivity index (χ4v) is 1.22. The zero-order valence-electron chi connectivity index (χ0n) is 9.04. The van der Waals surface area contributed by atoms with Crippen molar-refractivity contribution >= 4 is 11.8 Å². The fourth-order valence-electron chi connectivity index (χ4n) is 1.22. The minimum atomic E-state index is -1.10.